The lowest BCUT2D eigenvalue weighted by Crippen LogP contribution is -2.35. The Morgan fingerprint density at radius 1 is 1.41 bits per heavy atom. The van der Waals surface area contributed by atoms with Gasteiger partial charge in [-0.1, -0.05) is 13.8 Å². The molecule has 0 bridgehead atoms. The highest BCUT2D eigenvalue weighted by atomic mass is 16.2. The molecule has 1 rings (SSSR count). The Balaban J connectivity index is 2.98. The molecule has 5 heteroatoms. The number of aromatic nitrogens is 2. The van der Waals surface area contributed by atoms with Crippen LogP contribution >= 0.6 is 0 Å². The van der Waals surface area contributed by atoms with Gasteiger partial charge in [0.15, 0.2) is 0 Å². The van der Waals surface area contributed by atoms with Gasteiger partial charge in [-0.2, -0.15) is 4.98 Å². The molecule has 0 aromatic carbocycles. The summed E-state index contributed by atoms with van der Waals surface area (Å²) >= 11 is 0. The fourth-order valence-corrected chi connectivity index (χ4v) is 1.25. The van der Waals surface area contributed by atoms with Gasteiger partial charge >= 0.3 is 5.69 Å². The van der Waals surface area contributed by atoms with Crippen LogP contribution in [0.1, 0.15) is 34.6 Å². The predicted molar refractivity (Wildman–Crippen MR) is 67.0 cm³/mol. The minimum atomic E-state index is -0.362. The number of carbonyl (C=O) groups excluding carboxylic acids is 1. The van der Waals surface area contributed by atoms with Gasteiger partial charge in [-0.25, -0.2) is 4.79 Å². The SMILES string of the molecule is CC(C)C(=O)Nc1ccn(C(C)(C)C)c(=O)n1. The number of nitrogens with one attached hydrogen (secondary N) is 1. The second-order valence-electron chi connectivity index (χ2n) is 5.28. The summed E-state index contributed by atoms with van der Waals surface area (Å²) < 4.78 is 1.53. The Bertz CT molecular complexity index is 469. The van der Waals surface area contributed by atoms with Crippen LogP contribution in [0.4, 0.5) is 5.82 Å². The van der Waals surface area contributed by atoms with Crippen molar-refractivity contribution < 1.29 is 4.79 Å². The van der Waals surface area contributed by atoms with Gasteiger partial charge in [-0.15, -0.1) is 0 Å². The van der Waals surface area contributed by atoms with Crippen molar-refractivity contribution in [3.8, 4) is 0 Å². The van der Waals surface area contributed by atoms with E-state index in [4.69, 9.17) is 0 Å². The van der Waals surface area contributed by atoms with E-state index in [1.165, 1.54) is 4.57 Å². The third-order valence-electron chi connectivity index (χ3n) is 2.30. The number of anilines is 1. The lowest BCUT2D eigenvalue weighted by atomic mass is 10.1. The first kappa shape index (κ1) is 13.4. The minimum Gasteiger partial charge on any atom is -0.310 e. The van der Waals surface area contributed by atoms with Crippen LogP contribution in [-0.2, 0) is 10.3 Å². The monoisotopic (exact) mass is 237 g/mol. The first-order valence-corrected chi connectivity index (χ1v) is 5.63. The van der Waals surface area contributed by atoms with Gasteiger partial charge < -0.3 is 5.32 Å². The van der Waals surface area contributed by atoms with Crippen LogP contribution in [0, 0.1) is 5.92 Å². The van der Waals surface area contributed by atoms with Crippen LogP contribution in [0.15, 0.2) is 17.1 Å². The maximum Gasteiger partial charge on any atom is 0.349 e. The Morgan fingerprint density at radius 3 is 2.41 bits per heavy atom. The van der Waals surface area contributed by atoms with Crippen LogP contribution in [-0.4, -0.2) is 15.5 Å². The summed E-state index contributed by atoms with van der Waals surface area (Å²) in [5, 5.41) is 2.60. The summed E-state index contributed by atoms with van der Waals surface area (Å²) in [5.41, 5.74) is -0.677. The maximum atomic E-state index is 11.7. The molecule has 0 unspecified atom stereocenters. The van der Waals surface area contributed by atoms with E-state index in [0.717, 1.165) is 0 Å². The molecule has 1 aromatic rings. The Hall–Kier alpha value is -1.65. The van der Waals surface area contributed by atoms with E-state index in [-0.39, 0.29) is 23.1 Å². The van der Waals surface area contributed by atoms with Gasteiger partial charge in [0.1, 0.15) is 5.82 Å². The molecule has 0 aliphatic carbocycles. The summed E-state index contributed by atoms with van der Waals surface area (Å²) in [5.74, 6) is 0.0152. The average molecular weight is 237 g/mol. The van der Waals surface area contributed by atoms with Crippen molar-refractivity contribution in [2.45, 2.75) is 40.2 Å². The molecule has 1 N–H and O–H groups in total. The van der Waals surface area contributed by atoms with Crippen molar-refractivity contribution >= 4 is 11.7 Å². The third kappa shape index (κ3) is 3.41. The van der Waals surface area contributed by atoms with Crippen molar-refractivity contribution in [3.05, 3.63) is 22.7 Å². The molecule has 0 saturated carbocycles. The number of carbonyl (C=O) groups is 1. The zero-order valence-electron chi connectivity index (χ0n) is 10.9. The van der Waals surface area contributed by atoms with Crippen molar-refractivity contribution in [2.24, 2.45) is 5.92 Å². The molecule has 0 saturated heterocycles. The highest BCUT2D eigenvalue weighted by Crippen LogP contribution is 2.11. The quantitative estimate of drug-likeness (QED) is 0.849. The fourth-order valence-electron chi connectivity index (χ4n) is 1.25. The third-order valence-corrected chi connectivity index (χ3v) is 2.30. The van der Waals surface area contributed by atoms with Crippen LogP contribution in [0.5, 0.6) is 0 Å². The maximum absolute atomic E-state index is 11.7. The smallest absolute Gasteiger partial charge is 0.310 e. The zero-order valence-corrected chi connectivity index (χ0v) is 10.9. The summed E-state index contributed by atoms with van der Waals surface area (Å²) in [6.07, 6.45) is 1.64. The summed E-state index contributed by atoms with van der Waals surface area (Å²) in [6, 6.07) is 1.63. The standard InChI is InChI=1S/C12H19N3O2/c1-8(2)10(16)13-9-6-7-15(11(17)14-9)12(3,4)5/h6-8H,1-5H3,(H,13,14,16,17). The number of hydrogen-bond acceptors (Lipinski definition) is 3. The van der Waals surface area contributed by atoms with Crippen molar-refractivity contribution in [1.82, 2.24) is 9.55 Å². The molecule has 1 amide bonds. The molecular formula is C12H19N3O2. The fraction of sp³-hybridized carbons (Fsp3) is 0.583. The van der Waals surface area contributed by atoms with E-state index in [2.05, 4.69) is 10.3 Å². The second kappa shape index (κ2) is 4.69. The number of rotatable bonds is 2. The average Bonchev–Trinajstić information content (AvgIpc) is 2.15. The molecule has 17 heavy (non-hydrogen) atoms. The lowest BCUT2D eigenvalue weighted by molar-refractivity contribution is -0.118. The van der Waals surface area contributed by atoms with E-state index in [1.807, 2.05) is 20.8 Å². The minimum absolute atomic E-state index is 0.137. The Kier molecular flexibility index (Phi) is 3.70. The molecule has 1 aromatic heterocycles. The molecule has 0 fully saturated rings. The van der Waals surface area contributed by atoms with Gasteiger partial charge in [0.05, 0.1) is 0 Å². The van der Waals surface area contributed by atoms with Crippen molar-refractivity contribution in [2.75, 3.05) is 5.32 Å². The summed E-state index contributed by atoms with van der Waals surface area (Å²) in [7, 11) is 0. The van der Waals surface area contributed by atoms with Gasteiger partial charge in [0, 0.05) is 17.7 Å². The highest BCUT2D eigenvalue weighted by molar-refractivity contribution is 5.90. The summed E-state index contributed by atoms with van der Waals surface area (Å²) in [4.78, 5) is 27.0. The van der Waals surface area contributed by atoms with Crippen LogP contribution in [0.25, 0.3) is 0 Å². The highest BCUT2D eigenvalue weighted by Gasteiger charge is 2.15. The van der Waals surface area contributed by atoms with E-state index in [1.54, 1.807) is 26.1 Å². The lowest BCUT2D eigenvalue weighted by Gasteiger charge is -2.21. The molecule has 94 valence electrons. The largest absolute Gasteiger partial charge is 0.349 e. The molecule has 0 atom stereocenters. The van der Waals surface area contributed by atoms with Gasteiger partial charge in [-0.05, 0) is 26.8 Å². The molecule has 1 heterocycles. The van der Waals surface area contributed by atoms with Crippen LogP contribution in [0.3, 0.4) is 0 Å². The summed E-state index contributed by atoms with van der Waals surface area (Å²) in [6.45, 7) is 9.32. The number of hydrogen-bond donors (Lipinski definition) is 1. The predicted octanol–water partition coefficient (Wildman–Crippen LogP) is 1.59. The first-order valence-electron chi connectivity index (χ1n) is 5.63. The van der Waals surface area contributed by atoms with Gasteiger partial charge in [-0.3, -0.25) is 9.36 Å². The molecule has 5 nitrogen and oxygen atoms in total. The molecule has 0 radical (unpaired) electrons. The first-order chi connectivity index (χ1) is 7.71. The van der Waals surface area contributed by atoms with E-state index < -0.39 is 0 Å². The molecule has 0 aliphatic heterocycles. The molecule has 0 aliphatic rings. The normalized spacial score (nSPS) is 11.6. The van der Waals surface area contributed by atoms with E-state index >= 15 is 0 Å². The second-order valence-corrected chi connectivity index (χ2v) is 5.28. The van der Waals surface area contributed by atoms with Crippen molar-refractivity contribution in [1.29, 1.82) is 0 Å². The van der Waals surface area contributed by atoms with Crippen molar-refractivity contribution in [3.63, 3.8) is 0 Å². The number of nitrogens with zero attached hydrogens (tertiary/aromatic N) is 2. The Labute approximate surface area is 101 Å². The molecule has 0 spiro atoms. The Morgan fingerprint density at radius 2 is 2.00 bits per heavy atom. The van der Waals surface area contributed by atoms with Gasteiger partial charge in [0.2, 0.25) is 5.91 Å². The van der Waals surface area contributed by atoms with E-state index in [0.29, 0.717) is 5.82 Å². The zero-order chi connectivity index (χ0) is 13.2. The van der Waals surface area contributed by atoms with Crippen LogP contribution in [0.2, 0.25) is 0 Å². The van der Waals surface area contributed by atoms with Gasteiger partial charge in [0.25, 0.3) is 0 Å². The molecular weight excluding hydrogens is 218 g/mol. The topological polar surface area (TPSA) is 64.0 Å². The number of amides is 1. The van der Waals surface area contributed by atoms with E-state index in [9.17, 15) is 9.59 Å². The van der Waals surface area contributed by atoms with Crippen LogP contribution < -0.4 is 11.0 Å².